The van der Waals surface area contributed by atoms with Crippen LogP contribution in [0.5, 0.6) is 0 Å². The third-order valence-corrected chi connectivity index (χ3v) is 3.83. The van der Waals surface area contributed by atoms with E-state index in [2.05, 4.69) is 36.1 Å². The summed E-state index contributed by atoms with van der Waals surface area (Å²) >= 11 is 3.41. The zero-order chi connectivity index (χ0) is 13.2. The van der Waals surface area contributed by atoms with Gasteiger partial charge >= 0.3 is 0 Å². The van der Waals surface area contributed by atoms with Gasteiger partial charge in [-0.3, -0.25) is 9.58 Å². The molecule has 1 fully saturated rings. The standard InChI is InChI=1S/C12H16BrN5O/c1-9-15-12(16-19-9)11-3-2-4-17(11)5-6-18-8-10(13)7-14-18/h7-8,11H,2-6H2,1H3. The Bertz CT molecular complexity index is 552. The molecule has 2 aromatic rings. The minimum absolute atomic E-state index is 0.288. The Balaban J connectivity index is 1.63. The minimum atomic E-state index is 0.288. The quantitative estimate of drug-likeness (QED) is 0.862. The lowest BCUT2D eigenvalue weighted by atomic mass is 10.2. The maximum atomic E-state index is 5.08. The summed E-state index contributed by atoms with van der Waals surface area (Å²) < 4.78 is 8.04. The zero-order valence-corrected chi connectivity index (χ0v) is 12.4. The van der Waals surface area contributed by atoms with Crippen molar-refractivity contribution in [1.82, 2.24) is 24.8 Å². The molecule has 7 heteroatoms. The summed E-state index contributed by atoms with van der Waals surface area (Å²) in [5.74, 6) is 1.45. The summed E-state index contributed by atoms with van der Waals surface area (Å²) in [4.78, 5) is 6.76. The van der Waals surface area contributed by atoms with Gasteiger partial charge in [-0.1, -0.05) is 5.16 Å². The van der Waals surface area contributed by atoms with Crippen molar-refractivity contribution < 1.29 is 4.52 Å². The number of likely N-dealkylation sites (tertiary alicyclic amines) is 1. The Morgan fingerprint density at radius 1 is 1.47 bits per heavy atom. The predicted octanol–water partition coefficient (Wildman–Crippen LogP) is 2.17. The third-order valence-electron chi connectivity index (χ3n) is 3.42. The van der Waals surface area contributed by atoms with E-state index >= 15 is 0 Å². The fourth-order valence-electron chi connectivity index (χ4n) is 2.53. The van der Waals surface area contributed by atoms with Gasteiger partial charge in [0.25, 0.3) is 0 Å². The summed E-state index contributed by atoms with van der Waals surface area (Å²) in [6.07, 6.45) is 6.08. The van der Waals surface area contributed by atoms with E-state index in [1.165, 1.54) is 6.42 Å². The van der Waals surface area contributed by atoms with Crippen LogP contribution in [0.1, 0.15) is 30.6 Å². The zero-order valence-electron chi connectivity index (χ0n) is 10.8. The van der Waals surface area contributed by atoms with Crippen molar-refractivity contribution >= 4 is 15.9 Å². The fraction of sp³-hybridized carbons (Fsp3) is 0.583. The van der Waals surface area contributed by atoms with Gasteiger partial charge < -0.3 is 4.52 Å². The third kappa shape index (κ3) is 2.87. The van der Waals surface area contributed by atoms with Gasteiger partial charge in [0.15, 0.2) is 5.82 Å². The molecule has 102 valence electrons. The van der Waals surface area contributed by atoms with Gasteiger partial charge in [0.05, 0.1) is 23.3 Å². The number of nitrogens with zero attached hydrogens (tertiary/aromatic N) is 5. The molecular formula is C12H16BrN5O. The van der Waals surface area contributed by atoms with Gasteiger partial charge in [0.2, 0.25) is 5.89 Å². The van der Waals surface area contributed by atoms with Crippen LogP contribution >= 0.6 is 15.9 Å². The molecule has 0 saturated carbocycles. The molecule has 1 aliphatic heterocycles. The van der Waals surface area contributed by atoms with Crippen molar-refractivity contribution in [2.45, 2.75) is 32.4 Å². The summed E-state index contributed by atoms with van der Waals surface area (Å²) in [7, 11) is 0. The molecule has 0 bridgehead atoms. The van der Waals surface area contributed by atoms with Crippen LogP contribution < -0.4 is 0 Å². The van der Waals surface area contributed by atoms with Gasteiger partial charge in [-0.05, 0) is 35.3 Å². The first-order valence-corrected chi connectivity index (χ1v) is 7.24. The van der Waals surface area contributed by atoms with E-state index in [-0.39, 0.29) is 6.04 Å². The Kier molecular flexibility index (Phi) is 3.65. The van der Waals surface area contributed by atoms with E-state index in [0.29, 0.717) is 5.89 Å². The smallest absolute Gasteiger partial charge is 0.223 e. The molecule has 3 heterocycles. The van der Waals surface area contributed by atoms with Crippen LogP contribution in [0, 0.1) is 6.92 Å². The summed E-state index contributed by atoms with van der Waals surface area (Å²) in [6, 6.07) is 0.288. The van der Waals surface area contributed by atoms with E-state index in [0.717, 1.165) is 36.4 Å². The van der Waals surface area contributed by atoms with Crippen molar-refractivity contribution in [3.05, 3.63) is 28.6 Å². The largest absolute Gasteiger partial charge is 0.340 e. The second kappa shape index (κ2) is 5.42. The molecular weight excluding hydrogens is 310 g/mol. The first-order valence-electron chi connectivity index (χ1n) is 6.44. The lowest BCUT2D eigenvalue weighted by Crippen LogP contribution is -2.28. The van der Waals surface area contributed by atoms with Crippen molar-refractivity contribution in [3.63, 3.8) is 0 Å². The van der Waals surface area contributed by atoms with Gasteiger partial charge in [0, 0.05) is 19.7 Å². The highest BCUT2D eigenvalue weighted by Crippen LogP contribution is 2.29. The van der Waals surface area contributed by atoms with Crippen molar-refractivity contribution in [2.75, 3.05) is 13.1 Å². The molecule has 0 radical (unpaired) electrons. The van der Waals surface area contributed by atoms with Crippen LogP contribution in [0.2, 0.25) is 0 Å². The number of aromatic nitrogens is 4. The average molecular weight is 326 g/mol. The number of hydrogen-bond acceptors (Lipinski definition) is 5. The highest BCUT2D eigenvalue weighted by atomic mass is 79.9. The SMILES string of the molecule is Cc1nc(C2CCCN2CCn2cc(Br)cn2)no1. The summed E-state index contributed by atoms with van der Waals surface area (Å²) in [6.45, 7) is 4.74. The average Bonchev–Trinajstić information content (AvgIpc) is 3.07. The number of rotatable bonds is 4. The summed E-state index contributed by atoms with van der Waals surface area (Å²) in [5, 5.41) is 8.32. The molecule has 6 nitrogen and oxygen atoms in total. The molecule has 0 N–H and O–H groups in total. The molecule has 0 amide bonds. The van der Waals surface area contributed by atoms with E-state index in [1.54, 1.807) is 0 Å². The highest BCUT2D eigenvalue weighted by Gasteiger charge is 2.29. The normalized spacial score (nSPS) is 20.2. The van der Waals surface area contributed by atoms with Gasteiger partial charge in [-0.25, -0.2) is 0 Å². The second-order valence-electron chi connectivity index (χ2n) is 4.79. The van der Waals surface area contributed by atoms with Crippen LogP contribution in [-0.2, 0) is 6.54 Å². The molecule has 1 aliphatic rings. The lowest BCUT2D eigenvalue weighted by molar-refractivity contribution is 0.230. The Labute approximate surface area is 119 Å². The maximum Gasteiger partial charge on any atom is 0.223 e. The molecule has 1 unspecified atom stereocenters. The number of halogens is 1. The molecule has 2 aromatic heterocycles. The summed E-state index contributed by atoms with van der Waals surface area (Å²) in [5.41, 5.74) is 0. The van der Waals surface area contributed by atoms with E-state index in [4.69, 9.17) is 4.52 Å². The van der Waals surface area contributed by atoms with Gasteiger partial charge in [-0.15, -0.1) is 0 Å². The van der Waals surface area contributed by atoms with Crippen LogP contribution in [0.25, 0.3) is 0 Å². The predicted molar refractivity (Wildman–Crippen MR) is 72.5 cm³/mol. The first-order chi connectivity index (χ1) is 9.22. The molecule has 0 aromatic carbocycles. The lowest BCUT2D eigenvalue weighted by Gasteiger charge is -2.21. The minimum Gasteiger partial charge on any atom is -0.340 e. The van der Waals surface area contributed by atoms with Crippen molar-refractivity contribution in [2.24, 2.45) is 0 Å². The topological polar surface area (TPSA) is 60.0 Å². The number of hydrogen-bond donors (Lipinski definition) is 0. The second-order valence-corrected chi connectivity index (χ2v) is 5.70. The number of aryl methyl sites for hydroxylation is 1. The van der Waals surface area contributed by atoms with E-state index in [9.17, 15) is 0 Å². The van der Waals surface area contributed by atoms with Gasteiger partial charge in [0.1, 0.15) is 0 Å². The van der Waals surface area contributed by atoms with E-state index < -0.39 is 0 Å². The Morgan fingerprint density at radius 3 is 3.05 bits per heavy atom. The van der Waals surface area contributed by atoms with Crippen LogP contribution in [-0.4, -0.2) is 37.9 Å². The van der Waals surface area contributed by atoms with E-state index in [1.807, 2.05) is 24.0 Å². The monoisotopic (exact) mass is 325 g/mol. The van der Waals surface area contributed by atoms with Crippen LogP contribution in [0.4, 0.5) is 0 Å². The molecule has 0 spiro atoms. The van der Waals surface area contributed by atoms with Crippen molar-refractivity contribution in [3.8, 4) is 0 Å². The van der Waals surface area contributed by atoms with Crippen LogP contribution in [0.15, 0.2) is 21.4 Å². The molecule has 1 saturated heterocycles. The molecule has 19 heavy (non-hydrogen) atoms. The Hall–Kier alpha value is -1.21. The van der Waals surface area contributed by atoms with Gasteiger partial charge in [-0.2, -0.15) is 10.1 Å². The molecule has 3 rings (SSSR count). The first kappa shape index (κ1) is 12.8. The van der Waals surface area contributed by atoms with Crippen molar-refractivity contribution in [1.29, 1.82) is 0 Å². The maximum absolute atomic E-state index is 5.08. The molecule has 0 aliphatic carbocycles. The fourth-order valence-corrected chi connectivity index (χ4v) is 2.86. The molecule has 1 atom stereocenters. The van der Waals surface area contributed by atoms with Crippen LogP contribution in [0.3, 0.4) is 0 Å². The Morgan fingerprint density at radius 2 is 2.37 bits per heavy atom. The highest BCUT2D eigenvalue weighted by molar-refractivity contribution is 9.10.